The number of methoxy groups -OCH3 is 1. The Labute approximate surface area is 93.0 Å². The summed E-state index contributed by atoms with van der Waals surface area (Å²) in [6.45, 7) is 1.88. The van der Waals surface area contributed by atoms with Gasteiger partial charge in [-0.3, -0.25) is 0 Å². The minimum atomic E-state index is -0.559. The first kappa shape index (κ1) is 11.2. The van der Waals surface area contributed by atoms with Crippen molar-refractivity contribution in [2.45, 2.75) is 6.10 Å². The van der Waals surface area contributed by atoms with Crippen LogP contribution < -0.4 is 10.1 Å². The fourth-order valence-corrected chi connectivity index (χ4v) is 1.77. The van der Waals surface area contributed by atoms with E-state index in [1.165, 1.54) is 19.2 Å². The second-order valence-corrected chi connectivity index (χ2v) is 3.58. The largest absolute Gasteiger partial charge is 0.504 e. The van der Waals surface area contributed by atoms with E-state index in [1.54, 1.807) is 0 Å². The molecule has 0 radical (unpaired) electrons. The Morgan fingerprint density at radius 1 is 1.56 bits per heavy atom. The van der Waals surface area contributed by atoms with Crippen molar-refractivity contribution in [1.82, 2.24) is 5.32 Å². The Balaban J connectivity index is 2.33. The van der Waals surface area contributed by atoms with Gasteiger partial charge in [0.05, 0.1) is 19.8 Å². The molecule has 1 aliphatic rings. The molecule has 1 saturated heterocycles. The van der Waals surface area contributed by atoms with Crippen molar-refractivity contribution < 1.29 is 19.0 Å². The van der Waals surface area contributed by atoms with Gasteiger partial charge in [0.2, 0.25) is 0 Å². The average Bonchev–Trinajstić information content (AvgIpc) is 2.31. The number of phenolic OH excluding ortho intramolecular Hbond substituents is 1. The van der Waals surface area contributed by atoms with E-state index in [1.807, 2.05) is 0 Å². The number of phenols is 1. The van der Waals surface area contributed by atoms with Gasteiger partial charge in [-0.2, -0.15) is 0 Å². The minimum absolute atomic E-state index is 0.133. The van der Waals surface area contributed by atoms with Gasteiger partial charge in [-0.1, -0.05) is 0 Å². The number of aromatic hydroxyl groups is 1. The maximum atomic E-state index is 13.9. The standard InChI is InChI=1S/C11H14FNO3/c1-15-11-8(14)3-2-7(10(11)12)9-6-13-4-5-16-9/h2-3,9,13-14H,4-6H2,1H3. The molecule has 0 spiro atoms. The number of ether oxygens (including phenoxy) is 2. The van der Waals surface area contributed by atoms with Crippen molar-refractivity contribution >= 4 is 0 Å². The van der Waals surface area contributed by atoms with Gasteiger partial charge < -0.3 is 19.9 Å². The SMILES string of the molecule is COc1c(O)ccc(C2CNCCO2)c1F. The zero-order chi connectivity index (χ0) is 11.5. The quantitative estimate of drug-likeness (QED) is 0.797. The summed E-state index contributed by atoms with van der Waals surface area (Å²) in [6.07, 6.45) is -0.330. The van der Waals surface area contributed by atoms with Gasteiger partial charge in [-0.05, 0) is 12.1 Å². The van der Waals surface area contributed by atoms with Crippen molar-refractivity contribution in [3.8, 4) is 11.5 Å². The molecular weight excluding hydrogens is 213 g/mol. The van der Waals surface area contributed by atoms with Crippen LogP contribution in [0.3, 0.4) is 0 Å². The molecule has 16 heavy (non-hydrogen) atoms. The zero-order valence-corrected chi connectivity index (χ0v) is 9.00. The molecule has 1 unspecified atom stereocenters. The number of benzene rings is 1. The van der Waals surface area contributed by atoms with Crippen molar-refractivity contribution in [1.29, 1.82) is 0 Å². The lowest BCUT2D eigenvalue weighted by Crippen LogP contribution is -2.33. The molecule has 1 aromatic carbocycles. The highest BCUT2D eigenvalue weighted by molar-refractivity contribution is 5.44. The Kier molecular flexibility index (Phi) is 3.26. The number of morpholine rings is 1. The lowest BCUT2D eigenvalue weighted by molar-refractivity contribution is 0.0252. The van der Waals surface area contributed by atoms with Crippen molar-refractivity contribution in [2.75, 3.05) is 26.8 Å². The highest BCUT2D eigenvalue weighted by atomic mass is 19.1. The van der Waals surface area contributed by atoms with Gasteiger partial charge in [-0.25, -0.2) is 4.39 Å². The molecule has 1 aliphatic heterocycles. The highest BCUT2D eigenvalue weighted by Gasteiger charge is 2.23. The molecule has 2 rings (SSSR count). The summed E-state index contributed by atoms with van der Waals surface area (Å²) in [5.74, 6) is -0.893. The summed E-state index contributed by atoms with van der Waals surface area (Å²) >= 11 is 0. The Hall–Kier alpha value is -1.33. The van der Waals surface area contributed by atoms with Crippen molar-refractivity contribution in [3.05, 3.63) is 23.5 Å². The third-order valence-electron chi connectivity index (χ3n) is 2.58. The van der Waals surface area contributed by atoms with E-state index in [4.69, 9.17) is 9.47 Å². The van der Waals surface area contributed by atoms with Crippen molar-refractivity contribution in [3.63, 3.8) is 0 Å². The van der Waals surface area contributed by atoms with Gasteiger partial charge >= 0.3 is 0 Å². The molecule has 0 bridgehead atoms. The molecule has 0 saturated carbocycles. The summed E-state index contributed by atoms with van der Waals surface area (Å²) in [5.41, 5.74) is 0.404. The number of nitrogens with one attached hydrogen (secondary N) is 1. The van der Waals surface area contributed by atoms with Gasteiger partial charge in [0.25, 0.3) is 0 Å². The molecule has 5 heteroatoms. The molecule has 1 heterocycles. The van der Waals surface area contributed by atoms with Gasteiger partial charge in [0, 0.05) is 18.7 Å². The first-order valence-corrected chi connectivity index (χ1v) is 5.11. The van der Waals surface area contributed by atoms with Gasteiger partial charge in [-0.15, -0.1) is 0 Å². The highest BCUT2D eigenvalue weighted by Crippen LogP contribution is 2.34. The van der Waals surface area contributed by atoms with Crippen LogP contribution >= 0.6 is 0 Å². The topological polar surface area (TPSA) is 50.7 Å². The first-order chi connectivity index (χ1) is 7.74. The molecule has 2 N–H and O–H groups in total. The van der Waals surface area contributed by atoms with Crippen LogP contribution in [0.25, 0.3) is 0 Å². The van der Waals surface area contributed by atoms with E-state index in [-0.39, 0.29) is 17.6 Å². The molecule has 0 aliphatic carbocycles. The summed E-state index contributed by atoms with van der Waals surface area (Å²) in [6, 6.07) is 2.93. The number of hydrogen-bond acceptors (Lipinski definition) is 4. The van der Waals surface area contributed by atoms with Crippen LogP contribution in [-0.4, -0.2) is 31.9 Å². The predicted octanol–water partition coefficient (Wildman–Crippen LogP) is 1.20. The third kappa shape index (κ3) is 1.96. The number of rotatable bonds is 2. The lowest BCUT2D eigenvalue weighted by atomic mass is 10.1. The molecule has 88 valence electrons. The first-order valence-electron chi connectivity index (χ1n) is 5.11. The molecule has 1 aromatic rings. The van der Waals surface area contributed by atoms with E-state index in [9.17, 15) is 9.50 Å². The summed E-state index contributed by atoms with van der Waals surface area (Å²) in [5, 5.41) is 12.5. The summed E-state index contributed by atoms with van der Waals surface area (Å²) in [4.78, 5) is 0. The Morgan fingerprint density at radius 3 is 3.00 bits per heavy atom. The maximum absolute atomic E-state index is 13.9. The van der Waals surface area contributed by atoms with Crippen LogP contribution in [0.4, 0.5) is 4.39 Å². The second-order valence-electron chi connectivity index (χ2n) is 3.58. The molecule has 4 nitrogen and oxygen atoms in total. The molecule has 1 atom stereocenters. The Bertz CT molecular complexity index is 378. The lowest BCUT2D eigenvalue weighted by Gasteiger charge is -2.24. The predicted molar refractivity (Wildman–Crippen MR) is 56.2 cm³/mol. The van der Waals surface area contributed by atoms with Crippen LogP contribution in [0, 0.1) is 5.82 Å². The van der Waals surface area contributed by atoms with Gasteiger partial charge in [0.1, 0.15) is 0 Å². The Morgan fingerprint density at radius 2 is 2.38 bits per heavy atom. The van der Waals surface area contributed by atoms with Crippen LogP contribution in [0.1, 0.15) is 11.7 Å². The average molecular weight is 227 g/mol. The smallest absolute Gasteiger partial charge is 0.196 e. The molecule has 0 amide bonds. The molecule has 1 fully saturated rings. The monoisotopic (exact) mass is 227 g/mol. The number of hydrogen-bond donors (Lipinski definition) is 2. The van der Waals surface area contributed by atoms with Gasteiger partial charge in [0.15, 0.2) is 17.3 Å². The van der Waals surface area contributed by atoms with Crippen LogP contribution in [-0.2, 0) is 4.74 Å². The molecular formula is C11H14FNO3. The number of halogens is 1. The minimum Gasteiger partial charge on any atom is -0.504 e. The van der Waals surface area contributed by atoms with Crippen LogP contribution in [0.5, 0.6) is 11.5 Å². The fraction of sp³-hybridized carbons (Fsp3) is 0.455. The van der Waals surface area contributed by atoms with E-state index in [2.05, 4.69) is 5.32 Å². The fourth-order valence-electron chi connectivity index (χ4n) is 1.77. The second kappa shape index (κ2) is 4.67. The van der Waals surface area contributed by atoms with E-state index in [0.29, 0.717) is 18.7 Å². The van der Waals surface area contributed by atoms with Crippen LogP contribution in [0.2, 0.25) is 0 Å². The third-order valence-corrected chi connectivity index (χ3v) is 2.58. The van der Waals surface area contributed by atoms with E-state index >= 15 is 0 Å². The summed E-state index contributed by atoms with van der Waals surface area (Å²) in [7, 11) is 1.32. The van der Waals surface area contributed by atoms with Crippen molar-refractivity contribution in [2.24, 2.45) is 0 Å². The zero-order valence-electron chi connectivity index (χ0n) is 9.00. The van der Waals surface area contributed by atoms with Crippen LogP contribution in [0.15, 0.2) is 12.1 Å². The summed E-state index contributed by atoms with van der Waals surface area (Å²) < 4.78 is 24.2. The van der Waals surface area contributed by atoms with E-state index in [0.717, 1.165) is 6.54 Å². The normalized spacial score (nSPS) is 20.8. The van der Waals surface area contributed by atoms with E-state index < -0.39 is 5.82 Å². The maximum Gasteiger partial charge on any atom is 0.196 e. The molecule has 0 aromatic heterocycles.